The molecule has 0 aliphatic heterocycles. The fraction of sp³-hybridized carbons (Fsp3) is 0.818. The number of alkyl carbamates (subject to hydrolysis) is 1. The highest BCUT2D eigenvalue weighted by molar-refractivity contribution is 6.28. The Hall–Kier alpha value is -0.770. The van der Waals surface area contributed by atoms with Crippen molar-refractivity contribution in [1.82, 2.24) is 5.32 Å². The van der Waals surface area contributed by atoms with E-state index in [1.807, 2.05) is 0 Å². The monoisotopic (exact) mass is 249 g/mol. The summed E-state index contributed by atoms with van der Waals surface area (Å²) in [7, 11) is 0. The van der Waals surface area contributed by atoms with Gasteiger partial charge in [-0.05, 0) is 20.8 Å². The smallest absolute Gasteiger partial charge is 0.407 e. The second-order valence-corrected chi connectivity index (χ2v) is 4.92. The largest absolute Gasteiger partial charge is 0.450 e. The van der Waals surface area contributed by atoms with E-state index in [0.717, 1.165) is 0 Å². The number of carbonyl (C=O) groups is 2. The van der Waals surface area contributed by atoms with Gasteiger partial charge in [-0.15, -0.1) is 11.6 Å². The number of alkyl halides is 1. The first kappa shape index (κ1) is 15.2. The second kappa shape index (κ2) is 5.53. The van der Waals surface area contributed by atoms with Gasteiger partial charge in [-0.3, -0.25) is 4.79 Å². The Morgan fingerprint density at radius 1 is 1.25 bits per heavy atom. The molecule has 0 fully saturated rings. The lowest BCUT2D eigenvalue weighted by Crippen LogP contribution is -2.57. The van der Waals surface area contributed by atoms with Crippen molar-refractivity contribution < 1.29 is 14.3 Å². The maximum absolute atomic E-state index is 11.7. The number of Topliss-reactive ketones (excluding diaryl/α,β-unsaturated/α-hetero) is 1. The number of hydrogen-bond donors (Lipinski definition) is 1. The molecule has 16 heavy (non-hydrogen) atoms. The van der Waals surface area contributed by atoms with Gasteiger partial charge in [0.1, 0.15) is 0 Å². The summed E-state index contributed by atoms with van der Waals surface area (Å²) < 4.78 is 4.79. The van der Waals surface area contributed by atoms with Gasteiger partial charge in [0.2, 0.25) is 0 Å². The minimum Gasteiger partial charge on any atom is -0.450 e. The Balaban J connectivity index is 4.76. The Morgan fingerprint density at radius 2 is 1.75 bits per heavy atom. The van der Waals surface area contributed by atoms with Crippen molar-refractivity contribution in [2.75, 3.05) is 12.5 Å². The highest BCUT2D eigenvalue weighted by Gasteiger charge is 2.43. The molecule has 0 saturated heterocycles. The van der Waals surface area contributed by atoms with E-state index < -0.39 is 17.0 Å². The van der Waals surface area contributed by atoms with Crippen LogP contribution in [0, 0.1) is 5.41 Å². The van der Waals surface area contributed by atoms with Gasteiger partial charge < -0.3 is 10.1 Å². The van der Waals surface area contributed by atoms with Crippen molar-refractivity contribution in [2.24, 2.45) is 5.41 Å². The molecule has 0 aliphatic carbocycles. The molecular weight excluding hydrogens is 230 g/mol. The van der Waals surface area contributed by atoms with Crippen LogP contribution in [0.2, 0.25) is 0 Å². The van der Waals surface area contributed by atoms with Gasteiger partial charge in [0.05, 0.1) is 12.5 Å². The molecule has 0 aromatic carbocycles. The fourth-order valence-electron chi connectivity index (χ4n) is 1.09. The number of ether oxygens (including phenoxy) is 1. The van der Waals surface area contributed by atoms with Crippen LogP contribution < -0.4 is 5.32 Å². The molecule has 1 amide bonds. The number of nitrogens with one attached hydrogen (secondary N) is 1. The minimum absolute atomic E-state index is 0.0685. The molecule has 94 valence electrons. The normalized spacial score (nSPS) is 12.1. The summed E-state index contributed by atoms with van der Waals surface area (Å²) in [4.78, 5) is 23.0. The number of amides is 1. The van der Waals surface area contributed by atoms with Crippen molar-refractivity contribution in [2.45, 2.75) is 40.2 Å². The van der Waals surface area contributed by atoms with E-state index in [1.54, 1.807) is 34.6 Å². The van der Waals surface area contributed by atoms with Gasteiger partial charge in [0.15, 0.2) is 5.78 Å². The molecule has 0 unspecified atom stereocenters. The van der Waals surface area contributed by atoms with Crippen LogP contribution in [0.25, 0.3) is 0 Å². The number of carbonyl (C=O) groups excluding carboxylic acids is 2. The summed E-state index contributed by atoms with van der Waals surface area (Å²) in [6.07, 6.45) is -0.525. The third-order valence-electron chi connectivity index (χ3n) is 3.07. The Labute approximate surface area is 102 Å². The van der Waals surface area contributed by atoms with Gasteiger partial charge in [0.25, 0.3) is 0 Å². The van der Waals surface area contributed by atoms with Gasteiger partial charge >= 0.3 is 6.09 Å². The minimum atomic E-state index is -0.749. The summed E-state index contributed by atoms with van der Waals surface area (Å²) in [6, 6.07) is 0. The number of halogens is 1. The van der Waals surface area contributed by atoms with Crippen LogP contribution in [-0.4, -0.2) is 29.9 Å². The molecule has 0 rings (SSSR count). The standard InChI is InChI=1S/C11H20ClNO3/c1-6-16-9(15)13-11(4,5)10(2,3)8(14)7-12/h6-7H2,1-5H3,(H,13,15). The molecule has 0 heterocycles. The number of rotatable bonds is 5. The highest BCUT2D eigenvalue weighted by atomic mass is 35.5. The summed E-state index contributed by atoms with van der Waals surface area (Å²) in [6.45, 7) is 9.07. The van der Waals surface area contributed by atoms with Crippen molar-refractivity contribution in [3.63, 3.8) is 0 Å². The predicted octanol–water partition coefficient (Wildman–Crippen LogP) is 2.35. The fourth-order valence-corrected chi connectivity index (χ4v) is 1.43. The molecule has 0 radical (unpaired) electrons. The van der Waals surface area contributed by atoms with E-state index in [2.05, 4.69) is 5.32 Å². The zero-order valence-electron chi connectivity index (χ0n) is 10.5. The van der Waals surface area contributed by atoms with Crippen molar-refractivity contribution in [1.29, 1.82) is 0 Å². The van der Waals surface area contributed by atoms with E-state index in [-0.39, 0.29) is 11.7 Å². The summed E-state index contributed by atoms with van der Waals surface area (Å²) in [5, 5.41) is 2.67. The van der Waals surface area contributed by atoms with Crippen molar-refractivity contribution in [3.05, 3.63) is 0 Å². The van der Waals surface area contributed by atoms with Gasteiger partial charge in [-0.25, -0.2) is 4.79 Å². The van der Waals surface area contributed by atoms with Crippen LogP contribution >= 0.6 is 11.6 Å². The van der Waals surface area contributed by atoms with Crippen LogP contribution in [0.5, 0.6) is 0 Å². The van der Waals surface area contributed by atoms with Gasteiger partial charge in [0, 0.05) is 11.0 Å². The first-order valence-electron chi connectivity index (χ1n) is 5.23. The molecule has 0 aromatic rings. The Kier molecular flexibility index (Phi) is 5.26. The number of ketones is 1. The molecule has 0 bridgehead atoms. The lowest BCUT2D eigenvalue weighted by Gasteiger charge is -2.40. The van der Waals surface area contributed by atoms with Crippen LogP contribution in [-0.2, 0) is 9.53 Å². The Morgan fingerprint density at radius 3 is 2.12 bits per heavy atom. The topological polar surface area (TPSA) is 55.4 Å². The van der Waals surface area contributed by atoms with Gasteiger partial charge in [-0.2, -0.15) is 0 Å². The van der Waals surface area contributed by atoms with Crippen molar-refractivity contribution in [3.8, 4) is 0 Å². The summed E-state index contributed by atoms with van der Waals surface area (Å²) in [5.74, 6) is -0.183. The molecule has 0 aromatic heterocycles. The SMILES string of the molecule is CCOC(=O)NC(C)(C)C(C)(C)C(=O)CCl. The van der Waals surface area contributed by atoms with E-state index in [0.29, 0.717) is 6.61 Å². The zero-order valence-corrected chi connectivity index (χ0v) is 11.3. The average Bonchev–Trinajstić information content (AvgIpc) is 2.15. The third kappa shape index (κ3) is 3.37. The maximum atomic E-state index is 11.7. The van der Waals surface area contributed by atoms with Crippen molar-refractivity contribution >= 4 is 23.5 Å². The van der Waals surface area contributed by atoms with Crippen LogP contribution in [0.4, 0.5) is 4.79 Å². The predicted molar refractivity (Wildman–Crippen MR) is 63.7 cm³/mol. The second-order valence-electron chi connectivity index (χ2n) is 4.65. The summed E-state index contributed by atoms with van der Waals surface area (Å²) in [5.41, 5.74) is -1.47. The van der Waals surface area contributed by atoms with E-state index in [9.17, 15) is 9.59 Å². The maximum Gasteiger partial charge on any atom is 0.407 e. The first-order valence-corrected chi connectivity index (χ1v) is 5.76. The molecule has 0 atom stereocenters. The quantitative estimate of drug-likeness (QED) is 0.761. The van der Waals surface area contributed by atoms with Crippen LogP contribution in [0.1, 0.15) is 34.6 Å². The lowest BCUT2D eigenvalue weighted by atomic mass is 9.72. The zero-order chi connectivity index (χ0) is 13.0. The third-order valence-corrected chi connectivity index (χ3v) is 3.31. The van der Waals surface area contributed by atoms with Gasteiger partial charge in [-0.1, -0.05) is 13.8 Å². The molecule has 4 nitrogen and oxygen atoms in total. The molecule has 1 N–H and O–H groups in total. The number of hydrogen-bond acceptors (Lipinski definition) is 3. The van der Waals surface area contributed by atoms with Crippen LogP contribution in [0.3, 0.4) is 0 Å². The molecule has 0 spiro atoms. The molecule has 0 aliphatic rings. The van der Waals surface area contributed by atoms with E-state index in [1.165, 1.54) is 0 Å². The molecular formula is C11H20ClNO3. The highest BCUT2D eigenvalue weighted by Crippen LogP contribution is 2.32. The summed E-state index contributed by atoms with van der Waals surface area (Å²) >= 11 is 5.55. The molecule has 5 heteroatoms. The lowest BCUT2D eigenvalue weighted by molar-refractivity contribution is -0.127. The molecule has 0 saturated carbocycles. The average molecular weight is 250 g/mol. The van der Waals surface area contributed by atoms with Crippen LogP contribution in [0.15, 0.2) is 0 Å². The first-order chi connectivity index (χ1) is 7.19. The Bertz CT molecular complexity index is 274. The van der Waals surface area contributed by atoms with E-state index >= 15 is 0 Å². The van der Waals surface area contributed by atoms with E-state index in [4.69, 9.17) is 16.3 Å².